The number of carbonyl (C=O) groups excluding carboxylic acids is 1. The molecule has 0 radical (unpaired) electrons. The van der Waals surface area contributed by atoms with E-state index in [0.717, 1.165) is 16.9 Å². The molecule has 196 valence electrons. The van der Waals surface area contributed by atoms with Crippen LogP contribution in [0.2, 0.25) is 0 Å². The van der Waals surface area contributed by atoms with E-state index in [2.05, 4.69) is 21.2 Å². The van der Waals surface area contributed by atoms with Crippen molar-refractivity contribution in [1.29, 1.82) is 0 Å². The fraction of sp³-hybridized carbons (Fsp3) is 0.565. The van der Waals surface area contributed by atoms with Crippen LogP contribution in [-0.2, 0) is 36.2 Å². The van der Waals surface area contributed by atoms with Gasteiger partial charge in [0.2, 0.25) is 0 Å². The molecule has 1 aromatic carbocycles. The SMILES string of the molecule is CCOP(=O)(OCC)C(C/C(C)=C/Cc1c(OC)c(C)c2c(c1OCCSI)C(=O)OC2)C(=O)O. The molecule has 35 heavy (non-hydrogen) atoms. The number of rotatable bonds is 15. The molecule has 1 atom stereocenters. The first-order chi connectivity index (χ1) is 16.6. The Morgan fingerprint density at radius 1 is 1.29 bits per heavy atom. The summed E-state index contributed by atoms with van der Waals surface area (Å²) in [5, 5.41) is 9.76. The van der Waals surface area contributed by atoms with Crippen molar-refractivity contribution in [2.45, 2.75) is 52.8 Å². The van der Waals surface area contributed by atoms with Gasteiger partial charge >= 0.3 is 19.5 Å². The van der Waals surface area contributed by atoms with E-state index in [1.165, 1.54) is 0 Å². The summed E-state index contributed by atoms with van der Waals surface area (Å²) in [6, 6.07) is 0. The Labute approximate surface area is 222 Å². The lowest BCUT2D eigenvalue weighted by atomic mass is 9.94. The first kappa shape index (κ1) is 30.0. The highest BCUT2D eigenvalue weighted by atomic mass is 127. The van der Waals surface area contributed by atoms with Gasteiger partial charge in [0.1, 0.15) is 23.7 Å². The number of cyclic esters (lactones) is 1. The lowest BCUT2D eigenvalue weighted by Gasteiger charge is -2.23. The van der Waals surface area contributed by atoms with Gasteiger partial charge < -0.3 is 28.4 Å². The van der Waals surface area contributed by atoms with Crippen LogP contribution in [0.15, 0.2) is 11.6 Å². The second-order valence-electron chi connectivity index (χ2n) is 7.75. The number of hydrogen-bond acceptors (Lipinski definition) is 9. The average molecular weight is 642 g/mol. The van der Waals surface area contributed by atoms with Crippen molar-refractivity contribution in [3.8, 4) is 11.5 Å². The van der Waals surface area contributed by atoms with E-state index in [1.807, 2.05) is 13.0 Å². The van der Waals surface area contributed by atoms with Crippen molar-refractivity contribution in [2.75, 3.05) is 32.7 Å². The maximum Gasteiger partial charge on any atom is 0.345 e. The van der Waals surface area contributed by atoms with Crippen molar-refractivity contribution in [2.24, 2.45) is 0 Å². The lowest BCUT2D eigenvalue weighted by Crippen LogP contribution is -2.23. The largest absolute Gasteiger partial charge is 0.496 e. The molecule has 12 heteroatoms. The normalized spacial score (nSPS) is 14.5. The fourth-order valence-corrected chi connectivity index (χ4v) is 6.54. The molecule has 0 aliphatic carbocycles. The maximum atomic E-state index is 13.1. The number of ether oxygens (including phenoxy) is 3. The Kier molecular flexibility index (Phi) is 11.9. The van der Waals surface area contributed by atoms with E-state index >= 15 is 0 Å². The first-order valence-corrected chi connectivity index (χ1v) is 16.3. The van der Waals surface area contributed by atoms with Gasteiger partial charge in [-0.25, -0.2) is 4.79 Å². The van der Waals surface area contributed by atoms with Gasteiger partial charge in [-0.3, -0.25) is 9.36 Å². The standard InChI is InChI=1S/C23H32IO9PS/c1-6-32-34(28,33-7-2)18(22(25)26)12-14(3)8-9-16-20(29-5)15(4)17-13-31-23(27)19(17)21(16)30-10-11-35-24/h8,18H,6-7,9-13H2,1-5H3,(H,25,26)/b14-8+. The molecule has 1 aliphatic heterocycles. The van der Waals surface area contributed by atoms with E-state index in [-0.39, 0.29) is 26.2 Å². The Hall–Kier alpha value is -1.27. The summed E-state index contributed by atoms with van der Waals surface area (Å²) in [6.07, 6.45) is 2.10. The monoisotopic (exact) mass is 642 g/mol. The van der Waals surface area contributed by atoms with Crippen LogP contribution in [-0.4, -0.2) is 55.4 Å². The number of esters is 1. The molecular weight excluding hydrogens is 610 g/mol. The van der Waals surface area contributed by atoms with Crippen LogP contribution in [0.1, 0.15) is 54.2 Å². The number of carbonyl (C=O) groups is 2. The first-order valence-electron chi connectivity index (χ1n) is 11.2. The van der Waals surface area contributed by atoms with E-state index in [4.69, 9.17) is 23.3 Å². The molecule has 1 heterocycles. The van der Waals surface area contributed by atoms with Crippen LogP contribution in [0.5, 0.6) is 11.5 Å². The quantitative estimate of drug-likeness (QED) is 0.0836. The Bertz CT molecular complexity index is 1000. The Morgan fingerprint density at radius 3 is 2.49 bits per heavy atom. The highest BCUT2D eigenvalue weighted by Gasteiger charge is 2.41. The minimum Gasteiger partial charge on any atom is -0.496 e. The van der Waals surface area contributed by atoms with Crippen LogP contribution in [0.25, 0.3) is 0 Å². The van der Waals surface area contributed by atoms with E-state index in [0.29, 0.717) is 41.2 Å². The van der Waals surface area contributed by atoms with Crippen molar-refractivity contribution >= 4 is 49.7 Å². The minimum absolute atomic E-state index is 0.0252. The molecule has 0 aromatic heterocycles. The van der Waals surface area contributed by atoms with Crippen LogP contribution in [0, 0.1) is 6.92 Å². The molecular formula is C23H32IO9PS. The molecule has 1 aromatic rings. The van der Waals surface area contributed by atoms with Crippen LogP contribution in [0.4, 0.5) is 0 Å². The van der Waals surface area contributed by atoms with Gasteiger partial charge in [-0.2, -0.15) is 0 Å². The number of halogens is 1. The molecule has 0 spiro atoms. The van der Waals surface area contributed by atoms with Gasteiger partial charge in [-0.1, -0.05) is 20.6 Å². The third-order valence-electron chi connectivity index (χ3n) is 5.49. The lowest BCUT2D eigenvalue weighted by molar-refractivity contribution is -0.137. The van der Waals surface area contributed by atoms with Crippen molar-refractivity contribution in [1.82, 2.24) is 0 Å². The Morgan fingerprint density at radius 2 is 1.94 bits per heavy atom. The third kappa shape index (κ3) is 7.15. The topological polar surface area (TPSA) is 118 Å². The number of aliphatic carboxylic acids is 1. The third-order valence-corrected chi connectivity index (χ3v) is 9.53. The van der Waals surface area contributed by atoms with Crippen LogP contribution >= 0.6 is 37.7 Å². The predicted molar refractivity (Wildman–Crippen MR) is 143 cm³/mol. The molecule has 0 bridgehead atoms. The smallest absolute Gasteiger partial charge is 0.345 e. The summed E-state index contributed by atoms with van der Waals surface area (Å²) in [5.41, 5.74) is 1.95. The number of allylic oxidation sites excluding steroid dienone is 2. The molecule has 0 amide bonds. The van der Waals surface area contributed by atoms with Gasteiger partial charge in [-0.15, -0.1) is 0 Å². The highest BCUT2D eigenvalue weighted by molar-refractivity contribution is 14.2. The van der Waals surface area contributed by atoms with Crippen LogP contribution < -0.4 is 9.47 Å². The highest BCUT2D eigenvalue weighted by Crippen LogP contribution is 2.55. The number of methoxy groups -OCH3 is 1. The van der Waals surface area contributed by atoms with Gasteiger partial charge in [-0.05, 0) is 67.3 Å². The van der Waals surface area contributed by atoms with Crippen molar-refractivity contribution < 1.29 is 42.5 Å². The van der Waals surface area contributed by atoms with E-state index in [9.17, 15) is 19.3 Å². The Balaban J connectivity index is 2.45. The molecule has 1 unspecified atom stereocenters. The van der Waals surface area contributed by atoms with Gasteiger partial charge in [0.15, 0.2) is 5.66 Å². The zero-order chi connectivity index (χ0) is 26.2. The van der Waals surface area contributed by atoms with Gasteiger partial charge in [0, 0.05) is 16.9 Å². The number of benzene rings is 1. The molecule has 1 aliphatic rings. The summed E-state index contributed by atoms with van der Waals surface area (Å²) in [7, 11) is -0.714. The zero-order valence-electron chi connectivity index (χ0n) is 20.6. The predicted octanol–water partition coefficient (Wildman–Crippen LogP) is 5.73. The molecule has 2 rings (SSSR count). The zero-order valence-corrected chi connectivity index (χ0v) is 24.4. The summed E-state index contributed by atoms with van der Waals surface area (Å²) < 4.78 is 40.7. The second-order valence-corrected chi connectivity index (χ2v) is 12.5. The average Bonchev–Trinajstić information content (AvgIpc) is 3.19. The summed E-state index contributed by atoms with van der Waals surface area (Å²) in [6.45, 7) is 7.59. The molecule has 0 fully saturated rings. The van der Waals surface area contributed by atoms with Crippen molar-refractivity contribution in [3.63, 3.8) is 0 Å². The number of hydrogen-bond donors (Lipinski definition) is 1. The maximum absolute atomic E-state index is 13.1. The van der Waals surface area contributed by atoms with Gasteiger partial charge in [0.25, 0.3) is 0 Å². The number of fused-ring (bicyclic) bond motifs is 1. The molecule has 0 saturated carbocycles. The number of carboxylic acid groups (broad SMARTS) is 1. The van der Waals surface area contributed by atoms with E-state index in [1.54, 1.807) is 36.8 Å². The number of carboxylic acids is 1. The molecule has 9 nitrogen and oxygen atoms in total. The molecule has 1 N–H and O–H groups in total. The molecule has 0 saturated heterocycles. The second kappa shape index (κ2) is 13.9. The summed E-state index contributed by atoms with van der Waals surface area (Å²) >= 11 is 2.18. The van der Waals surface area contributed by atoms with E-state index < -0.39 is 25.2 Å². The van der Waals surface area contributed by atoms with Gasteiger partial charge in [0.05, 0.1) is 26.9 Å². The van der Waals surface area contributed by atoms with Crippen molar-refractivity contribution in [3.05, 3.63) is 33.9 Å². The van der Waals surface area contributed by atoms with Crippen LogP contribution in [0.3, 0.4) is 0 Å². The summed E-state index contributed by atoms with van der Waals surface area (Å²) in [4.78, 5) is 24.5. The minimum atomic E-state index is -3.86. The summed E-state index contributed by atoms with van der Waals surface area (Å²) in [5.74, 6) is 0.0391. The fourth-order valence-electron chi connectivity index (χ4n) is 3.92.